The van der Waals surface area contributed by atoms with Crippen LogP contribution in [0.3, 0.4) is 0 Å². The van der Waals surface area contributed by atoms with Crippen molar-refractivity contribution in [2.45, 2.75) is 11.8 Å². The van der Waals surface area contributed by atoms with Crippen molar-refractivity contribution in [3.63, 3.8) is 0 Å². The molecule has 0 saturated heterocycles. The maximum absolute atomic E-state index is 13.8. The summed E-state index contributed by atoms with van der Waals surface area (Å²) in [4.78, 5) is 0.0446. The van der Waals surface area contributed by atoms with E-state index in [0.29, 0.717) is 0 Å². The van der Waals surface area contributed by atoms with Crippen LogP contribution in [0.15, 0.2) is 47.4 Å². The molecule has 0 bridgehead atoms. The average Bonchev–Trinajstić information content (AvgIpc) is 2.41. The summed E-state index contributed by atoms with van der Waals surface area (Å²) in [6.07, 6.45) is 0. The van der Waals surface area contributed by atoms with E-state index in [2.05, 4.69) is 4.72 Å². The number of amidine groups is 1. The van der Waals surface area contributed by atoms with Gasteiger partial charge in [-0.05, 0) is 37.3 Å². The number of benzene rings is 2. The molecule has 0 atom stereocenters. The zero-order valence-electron chi connectivity index (χ0n) is 11.2. The first-order valence-electron chi connectivity index (χ1n) is 6.03. The highest BCUT2D eigenvalue weighted by atomic mass is 32.2. The second kappa shape index (κ2) is 5.53. The van der Waals surface area contributed by atoms with Gasteiger partial charge in [0, 0.05) is 5.56 Å². The lowest BCUT2D eigenvalue weighted by Gasteiger charge is -2.10. The summed E-state index contributed by atoms with van der Waals surface area (Å²) in [6, 6.07) is 9.82. The van der Waals surface area contributed by atoms with Crippen LogP contribution in [0.2, 0.25) is 0 Å². The van der Waals surface area contributed by atoms with Gasteiger partial charge in [0.05, 0.1) is 10.6 Å². The van der Waals surface area contributed by atoms with Crippen molar-refractivity contribution < 1.29 is 12.8 Å². The van der Waals surface area contributed by atoms with Gasteiger partial charge in [0.1, 0.15) is 11.7 Å². The first kappa shape index (κ1) is 15.0. The van der Waals surface area contributed by atoms with Crippen LogP contribution in [0, 0.1) is 18.2 Å². The highest BCUT2D eigenvalue weighted by molar-refractivity contribution is 7.92. The van der Waals surface area contributed by atoms with Gasteiger partial charge in [0.15, 0.2) is 0 Å². The van der Waals surface area contributed by atoms with Crippen LogP contribution in [-0.4, -0.2) is 14.3 Å². The zero-order chi connectivity index (χ0) is 15.6. The van der Waals surface area contributed by atoms with Gasteiger partial charge in [-0.25, -0.2) is 12.8 Å². The molecule has 4 N–H and O–H groups in total. The average molecular weight is 307 g/mol. The predicted molar refractivity (Wildman–Crippen MR) is 79.4 cm³/mol. The summed E-state index contributed by atoms with van der Waals surface area (Å²) in [6.45, 7) is 1.84. The zero-order valence-corrected chi connectivity index (χ0v) is 12.0. The predicted octanol–water partition coefficient (Wildman–Crippen LogP) is 2.22. The van der Waals surface area contributed by atoms with Gasteiger partial charge >= 0.3 is 0 Å². The summed E-state index contributed by atoms with van der Waals surface area (Å²) in [5.41, 5.74) is 6.16. The maximum atomic E-state index is 13.8. The Morgan fingerprint density at radius 1 is 1.19 bits per heavy atom. The fraction of sp³-hybridized carbons (Fsp3) is 0.0714. The van der Waals surface area contributed by atoms with E-state index in [-0.39, 0.29) is 22.0 Å². The van der Waals surface area contributed by atoms with Crippen LogP contribution in [0.5, 0.6) is 0 Å². The third-order valence-corrected chi connectivity index (χ3v) is 4.24. The highest BCUT2D eigenvalue weighted by Crippen LogP contribution is 2.20. The van der Waals surface area contributed by atoms with Gasteiger partial charge in [0.2, 0.25) is 0 Å². The highest BCUT2D eigenvalue weighted by Gasteiger charge is 2.16. The normalized spacial score (nSPS) is 11.1. The summed E-state index contributed by atoms with van der Waals surface area (Å²) >= 11 is 0. The number of rotatable bonds is 4. The Labute approximate surface area is 122 Å². The van der Waals surface area contributed by atoms with Crippen LogP contribution in [0.4, 0.5) is 10.1 Å². The molecular weight excluding hydrogens is 293 g/mol. The molecule has 7 heteroatoms. The molecule has 5 nitrogen and oxygen atoms in total. The number of nitrogens with two attached hydrogens (primary N) is 1. The lowest BCUT2D eigenvalue weighted by Crippen LogP contribution is -2.15. The minimum atomic E-state index is -3.86. The lowest BCUT2D eigenvalue weighted by atomic mass is 10.2. The Bertz CT molecular complexity index is 786. The van der Waals surface area contributed by atoms with E-state index >= 15 is 0 Å². The first-order chi connectivity index (χ1) is 9.79. The van der Waals surface area contributed by atoms with Crippen molar-refractivity contribution in [1.82, 2.24) is 0 Å². The van der Waals surface area contributed by atoms with E-state index in [9.17, 15) is 12.8 Å². The molecule has 0 aromatic heterocycles. The molecule has 21 heavy (non-hydrogen) atoms. The number of halogens is 1. The molecule has 0 amide bonds. The molecular formula is C14H14FN3O2S. The second-order valence-electron chi connectivity index (χ2n) is 4.53. The number of hydrogen-bond donors (Lipinski definition) is 3. The van der Waals surface area contributed by atoms with Crippen molar-refractivity contribution in [3.8, 4) is 0 Å². The van der Waals surface area contributed by atoms with Crippen molar-refractivity contribution in [1.29, 1.82) is 5.41 Å². The largest absolute Gasteiger partial charge is 0.384 e. The van der Waals surface area contributed by atoms with Gasteiger partial charge in [-0.15, -0.1) is 0 Å². The molecule has 0 aliphatic heterocycles. The summed E-state index contributed by atoms with van der Waals surface area (Å²) in [7, 11) is -3.86. The summed E-state index contributed by atoms with van der Waals surface area (Å²) in [5.74, 6) is -1.08. The molecule has 0 saturated carbocycles. The number of sulfonamides is 1. The smallest absolute Gasteiger partial charge is 0.261 e. The van der Waals surface area contributed by atoms with Gasteiger partial charge in [0.25, 0.3) is 10.0 Å². The number of anilines is 1. The van der Waals surface area contributed by atoms with Crippen LogP contribution in [0.25, 0.3) is 0 Å². The molecule has 2 rings (SSSR count). The molecule has 0 unspecified atom stereocenters. The minimum absolute atomic E-state index is 0.0446. The monoisotopic (exact) mass is 307 g/mol. The molecule has 0 heterocycles. The topological polar surface area (TPSA) is 96.0 Å². The summed E-state index contributed by atoms with van der Waals surface area (Å²) < 4.78 is 40.3. The molecule has 2 aromatic rings. The van der Waals surface area contributed by atoms with E-state index in [1.54, 1.807) is 12.1 Å². The Hall–Kier alpha value is -2.41. The fourth-order valence-electron chi connectivity index (χ4n) is 1.69. The number of nitrogens with one attached hydrogen (secondary N) is 2. The number of nitrogen functional groups attached to an aromatic ring is 1. The van der Waals surface area contributed by atoms with Crippen molar-refractivity contribution in [3.05, 3.63) is 59.4 Å². The van der Waals surface area contributed by atoms with Gasteiger partial charge in [-0.1, -0.05) is 17.7 Å². The van der Waals surface area contributed by atoms with E-state index < -0.39 is 15.8 Å². The van der Waals surface area contributed by atoms with E-state index in [4.69, 9.17) is 11.1 Å². The molecule has 0 fully saturated rings. The Kier molecular flexibility index (Phi) is 3.95. The third kappa shape index (κ3) is 3.38. The molecule has 0 spiro atoms. The fourth-order valence-corrected chi connectivity index (χ4v) is 2.75. The van der Waals surface area contributed by atoms with Crippen LogP contribution < -0.4 is 10.5 Å². The molecule has 2 aromatic carbocycles. The SMILES string of the molecule is Cc1ccc(S(=O)(=O)Nc2ccc(C(=N)N)cc2F)cc1. The molecule has 0 aliphatic rings. The summed E-state index contributed by atoms with van der Waals surface area (Å²) in [5, 5.41) is 7.21. The Morgan fingerprint density at radius 3 is 2.33 bits per heavy atom. The standard InChI is InChI=1S/C14H14FN3O2S/c1-9-2-5-11(6-3-9)21(19,20)18-13-7-4-10(14(16)17)8-12(13)15/h2-8,18H,1H3,(H3,16,17). The van der Waals surface area contributed by atoms with E-state index in [1.165, 1.54) is 24.3 Å². The first-order valence-corrected chi connectivity index (χ1v) is 7.51. The lowest BCUT2D eigenvalue weighted by molar-refractivity contribution is 0.598. The van der Waals surface area contributed by atoms with Crippen molar-refractivity contribution >= 4 is 21.5 Å². The number of aryl methyl sites for hydroxylation is 1. The van der Waals surface area contributed by atoms with Gasteiger partial charge in [-0.3, -0.25) is 10.1 Å². The van der Waals surface area contributed by atoms with Gasteiger partial charge in [-0.2, -0.15) is 0 Å². The second-order valence-corrected chi connectivity index (χ2v) is 6.21. The number of hydrogen-bond acceptors (Lipinski definition) is 3. The molecule has 0 aliphatic carbocycles. The van der Waals surface area contributed by atoms with E-state index in [0.717, 1.165) is 11.6 Å². The quantitative estimate of drug-likeness (QED) is 0.597. The van der Waals surface area contributed by atoms with Crippen LogP contribution in [-0.2, 0) is 10.0 Å². The minimum Gasteiger partial charge on any atom is -0.384 e. The Balaban J connectivity index is 2.32. The van der Waals surface area contributed by atoms with Crippen LogP contribution >= 0.6 is 0 Å². The molecule has 110 valence electrons. The maximum Gasteiger partial charge on any atom is 0.261 e. The molecule has 0 radical (unpaired) electrons. The van der Waals surface area contributed by atoms with E-state index in [1.807, 2.05) is 6.92 Å². The Morgan fingerprint density at radius 2 is 1.81 bits per heavy atom. The van der Waals surface area contributed by atoms with Gasteiger partial charge < -0.3 is 5.73 Å². The van der Waals surface area contributed by atoms with Crippen LogP contribution in [0.1, 0.15) is 11.1 Å². The van der Waals surface area contributed by atoms with Crippen molar-refractivity contribution in [2.75, 3.05) is 4.72 Å². The van der Waals surface area contributed by atoms with Crippen molar-refractivity contribution in [2.24, 2.45) is 5.73 Å². The third-order valence-electron chi connectivity index (χ3n) is 2.86.